The van der Waals surface area contributed by atoms with Crippen molar-refractivity contribution in [2.45, 2.75) is 38.1 Å². The average Bonchev–Trinajstić information content (AvgIpc) is 3.59. The van der Waals surface area contributed by atoms with Gasteiger partial charge in [0.1, 0.15) is 5.56 Å². The lowest BCUT2D eigenvalue weighted by Crippen LogP contribution is -2.34. The van der Waals surface area contributed by atoms with Crippen LogP contribution in [0.15, 0.2) is 65.7 Å². The van der Waals surface area contributed by atoms with Crippen LogP contribution in [0, 0.1) is 12.3 Å². The number of nitrogens with one attached hydrogen (secondary N) is 3. The van der Waals surface area contributed by atoms with E-state index in [2.05, 4.69) is 30.8 Å². The number of aromatic nitrogens is 4. The Balaban J connectivity index is 1.40. The molecule has 43 heavy (non-hydrogen) atoms. The predicted octanol–water partition coefficient (Wildman–Crippen LogP) is 3.36. The Kier molecular flexibility index (Phi) is 6.12. The van der Waals surface area contributed by atoms with E-state index >= 15 is 0 Å². The highest BCUT2D eigenvalue weighted by atomic mass is 32.2. The van der Waals surface area contributed by atoms with Crippen LogP contribution in [0.3, 0.4) is 0 Å². The van der Waals surface area contributed by atoms with E-state index in [1.54, 1.807) is 23.8 Å². The lowest BCUT2D eigenvalue weighted by atomic mass is 9.94. The van der Waals surface area contributed by atoms with Crippen LogP contribution in [0.1, 0.15) is 70.9 Å². The molecule has 3 N–H and O–H groups in total. The SMILES string of the molecule is C#Cc1ccc2c3c(c([C@H](C)NC(=O)c4c(NS(=O)(=O)NCC)nn5cccnc45)n(-c4ccccc4)c(=O)c13)[C@H]1C[C@@H]21. The van der Waals surface area contributed by atoms with Crippen LogP contribution >= 0.6 is 0 Å². The second kappa shape index (κ2) is 9.79. The highest BCUT2D eigenvalue weighted by molar-refractivity contribution is 7.90. The summed E-state index contributed by atoms with van der Waals surface area (Å²) in [7, 11) is -4.00. The molecule has 3 aromatic heterocycles. The molecule has 3 atom stereocenters. The van der Waals surface area contributed by atoms with Gasteiger partial charge in [0.2, 0.25) is 0 Å². The van der Waals surface area contributed by atoms with Gasteiger partial charge in [-0.1, -0.05) is 37.1 Å². The van der Waals surface area contributed by atoms with Gasteiger partial charge < -0.3 is 5.32 Å². The van der Waals surface area contributed by atoms with Crippen molar-refractivity contribution < 1.29 is 13.2 Å². The third-order valence-electron chi connectivity index (χ3n) is 8.12. The highest BCUT2D eigenvalue weighted by Gasteiger charge is 2.50. The summed E-state index contributed by atoms with van der Waals surface area (Å²) in [5.41, 5.74) is 3.84. The Hall–Kier alpha value is -4.99. The van der Waals surface area contributed by atoms with E-state index in [0.29, 0.717) is 28.2 Å². The fraction of sp³-hybridized carbons (Fsp3) is 0.226. The molecule has 2 aromatic carbocycles. The van der Waals surface area contributed by atoms with E-state index in [-0.39, 0.29) is 35.1 Å². The zero-order chi connectivity index (χ0) is 30.0. The maximum Gasteiger partial charge on any atom is 0.300 e. The summed E-state index contributed by atoms with van der Waals surface area (Å²) < 4.78 is 32.8. The summed E-state index contributed by atoms with van der Waals surface area (Å²) in [6.07, 6.45) is 9.88. The molecule has 1 fully saturated rings. The molecular weight excluding hydrogens is 566 g/mol. The van der Waals surface area contributed by atoms with Crippen LogP contribution in [-0.4, -0.2) is 40.0 Å². The van der Waals surface area contributed by atoms with Gasteiger partial charge >= 0.3 is 0 Å². The molecule has 0 saturated heterocycles. The van der Waals surface area contributed by atoms with Crippen molar-refractivity contribution in [1.82, 2.24) is 29.2 Å². The third-order valence-corrected chi connectivity index (χ3v) is 9.25. The lowest BCUT2D eigenvalue weighted by molar-refractivity contribution is 0.0941. The zero-order valence-corrected chi connectivity index (χ0v) is 24.1. The van der Waals surface area contributed by atoms with Crippen molar-refractivity contribution >= 4 is 38.4 Å². The van der Waals surface area contributed by atoms with Gasteiger partial charge in [0.05, 0.1) is 17.1 Å². The first kappa shape index (κ1) is 26.9. The number of carbonyl (C=O) groups excluding carboxylic acids is 1. The first-order chi connectivity index (χ1) is 20.7. The first-order valence-corrected chi connectivity index (χ1v) is 15.4. The molecule has 1 saturated carbocycles. The minimum Gasteiger partial charge on any atom is -0.344 e. The summed E-state index contributed by atoms with van der Waals surface area (Å²) in [5.74, 6) is 2.43. The van der Waals surface area contributed by atoms with Crippen molar-refractivity contribution in [3.05, 3.63) is 99.2 Å². The first-order valence-electron chi connectivity index (χ1n) is 13.9. The van der Waals surface area contributed by atoms with E-state index in [0.717, 1.165) is 22.9 Å². The van der Waals surface area contributed by atoms with Crippen molar-refractivity contribution in [3.63, 3.8) is 0 Å². The third kappa shape index (κ3) is 4.19. The van der Waals surface area contributed by atoms with Crippen LogP contribution in [0.5, 0.6) is 0 Å². The van der Waals surface area contributed by atoms with Gasteiger partial charge in [0, 0.05) is 30.2 Å². The molecule has 3 heterocycles. The molecule has 2 aliphatic carbocycles. The molecule has 0 radical (unpaired) electrons. The fourth-order valence-electron chi connectivity index (χ4n) is 6.38. The van der Waals surface area contributed by atoms with Crippen molar-refractivity contribution in [2.24, 2.45) is 0 Å². The van der Waals surface area contributed by atoms with Gasteiger partial charge in [0.15, 0.2) is 11.5 Å². The quantitative estimate of drug-likeness (QED) is 0.236. The van der Waals surface area contributed by atoms with Gasteiger partial charge in [-0.25, -0.2) is 9.50 Å². The van der Waals surface area contributed by atoms with E-state index in [1.165, 1.54) is 10.7 Å². The fourth-order valence-corrected chi connectivity index (χ4v) is 7.23. The van der Waals surface area contributed by atoms with E-state index in [4.69, 9.17) is 6.42 Å². The number of pyridine rings is 1. The van der Waals surface area contributed by atoms with Crippen LogP contribution in [0.4, 0.5) is 5.82 Å². The van der Waals surface area contributed by atoms with Gasteiger partial charge in [-0.3, -0.25) is 18.9 Å². The Morgan fingerprint density at radius 2 is 1.93 bits per heavy atom. The van der Waals surface area contributed by atoms with Crippen LogP contribution in [-0.2, 0) is 10.2 Å². The van der Waals surface area contributed by atoms with Gasteiger partial charge in [-0.05, 0) is 66.0 Å². The Bertz CT molecular complexity index is 2180. The summed E-state index contributed by atoms with van der Waals surface area (Å²) in [5, 5.41) is 8.69. The number of fused-ring (bicyclic) bond motifs is 4. The summed E-state index contributed by atoms with van der Waals surface area (Å²) in [6.45, 7) is 3.60. The molecule has 0 spiro atoms. The number of rotatable bonds is 8. The largest absolute Gasteiger partial charge is 0.344 e. The topological polar surface area (TPSA) is 139 Å². The molecule has 1 amide bonds. The van der Waals surface area contributed by atoms with Crippen LogP contribution in [0.2, 0.25) is 0 Å². The molecule has 7 rings (SSSR count). The standard InChI is InChI=1S/C31H27N7O4S/c1-4-18-12-13-20-21-16-22(21)25-24(20)23(18)31(40)38(19-10-7-6-8-11-19)27(25)17(3)34-30(39)26-28(36-43(41,42)33-5-2)35-37-15-9-14-32-29(26)37/h1,6-15,17,21-22,33H,5,16H2,2-3H3,(H,34,39)(H,35,36)/t17-,21-,22-/m0/s1. The maximum atomic E-state index is 14.3. The number of benzene rings is 2. The van der Waals surface area contributed by atoms with Crippen molar-refractivity contribution in [3.8, 4) is 18.0 Å². The maximum absolute atomic E-state index is 14.3. The van der Waals surface area contributed by atoms with Crippen LogP contribution in [0.25, 0.3) is 22.1 Å². The Morgan fingerprint density at radius 1 is 1.14 bits per heavy atom. The van der Waals surface area contributed by atoms with Gasteiger partial charge in [-0.15, -0.1) is 11.5 Å². The smallest absolute Gasteiger partial charge is 0.300 e. The number of amides is 1. The van der Waals surface area contributed by atoms with Crippen LogP contribution < -0.4 is 20.3 Å². The van der Waals surface area contributed by atoms with Gasteiger partial charge in [-0.2, -0.15) is 13.1 Å². The number of nitrogens with zero attached hydrogens (tertiary/aromatic N) is 4. The number of carbonyl (C=O) groups is 1. The molecule has 216 valence electrons. The molecule has 11 nitrogen and oxygen atoms in total. The van der Waals surface area contributed by atoms with Crippen molar-refractivity contribution in [2.75, 3.05) is 11.3 Å². The number of hydrogen-bond acceptors (Lipinski definition) is 6. The molecule has 0 aliphatic heterocycles. The second-order valence-corrected chi connectivity index (χ2v) is 12.2. The average molecular weight is 594 g/mol. The number of terminal acetylenes is 1. The summed E-state index contributed by atoms with van der Waals surface area (Å²) >= 11 is 0. The van der Waals surface area contributed by atoms with Gasteiger partial charge in [0.25, 0.3) is 21.7 Å². The minimum atomic E-state index is -4.00. The monoisotopic (exact) mass is 593 g/mol. The molecule has 0 unspecified atom stereocenters. The summed E-state index contributed by atoms with van der Waals surface area (Å²) in [6, 6.07) is 14.1. The molecule has 12 heteroatoms. The lowest BCUT2D eigenvalue weighted by Gasteiger charge is -2.25. The van der Waals surface area contributed by atoms with E-state index in [1.807, 2.05) is 49.4 Å². The number of anilines is 1. The number of para-hydroxylation sites is 1. The van der Waals surface area contributed by atoms with E-state index in [9.17, 15) is 18.0 Å². The Morgan fingerprint density at radius 3 is 2.67 bits per heavy atom. The molecule has 0 bridgehead atoms. The molecule has 5 aromatic rings. The summed E-state index contributed by atoms with van der Waals surface area (Å²) in [4.78, 5) is 32.6. The van der Waals surface area contributed by atoms with E-state index < -0.39 is 22.2 Å². The predicted molar refractivity (Wildman–Crippen MR) is 163 cm³/mol. The highest BCUT2D eigenvalue weighted by Crippen LogP contribution is 2.64. The Labute approximate surface area is 247 Å². The number of hydrogen-bond donors (Lipinski definition) is 3. The molecular formula is C31H27N7O4S. The minimum absolute atomic E-state index is 0.0423. The normalized spacial score (nSPS) is 17.4. The van der Waals surface area contributed by atoms with Crippen molar-refractivity contribution in [1.29, 1.82) is 0 Å². The zero-order valence-electron chi connectivity index (χ0n) is 23.3. The second-order valence-electron chi connectivity index (χ2n) is 10.7. The molecule has 2 aliphatic rings.